The van der Waals surface area contributed by atoms with Gasteiger partial charge in [-0.05, 0) is 61.1 Å². The topological polar surface area (TPSA) is 148 Å². The molecule has 0 radical (unpaired) electrons. The maximum absolute atomic E-state index is 13.7. The summed E-state index contributed by atoms with van der Waals surface area (Å²) < 4.78 is 7.72. The summed E-state index contributed by atoms with van der Waals surface area (Å²) in [6.07, 6.45) is 5.03. The van der Waals surface area contributed by atoms with Crippen molar-refractivity contribution in [3.63, 3.8) is 0 Å². The first-order valence-corrected chi connectivity index (χ1v) is 20.5. The Morgan fingerprint density at radius 2 is 1.94 bits per heavy atom. The normalized spacial score (nSPS) is 16.0. The zero-order chi connectivity index (χ0) is 34.7. The number of rotatable bonds is 11. The van der Waals surface area contributed by atoms with E-state index in [9.17, 15) is 19.7 Å². The predicted octanol–water partition coefficient (Wildman–Crippen LogP) is 6.47. The zero-order valence-electron chi connectivity index (χ0n) is 28.5. The number of anilines is 1. The van der Waals surface area contributed by atoms with E-state index in [1.165, 1.54) is 18.3 Å². The van der Waals surface area contributed by atoms with Crippen LogP contribution >= 0.6 is 0 Å². The van der Waals surface area contributed by atoms with Crippen LogP contribution in [0.5, 0.6) is 0 Å². The third-order valence-electron chi connectivity index (χ3n) is 9.25. The number of benzene rings is 2. The second-order valence-electron chi connectivity index (χ2n) is 14.2. The number of carbonyl (C=O) groups excluding carboxylic acids is 2. The molecule has 0 bridgehead atoms. The number of likely N-dealkylation sites (tertiary alicyclic amines) is 1. The van der Waals surface area contributed by atoms with E-state index in [0.717, 1.165) is 39.3 Å². The molecule has 2 N–H and O–H groups in total. The number of carbonyl (C=O) groups is 2. The minimum Gasteiger partial charge on any atom is -0.360 e. The van der Waals surface area contributed by atoms with Gasteiger partial charge in [0.05, 0.1) is 22.2 Å². The van der Waals surface area contributed by atoms with Gasteiger partial charge < -0.3 is 25.2 Å². The van der Waals surface area contributed by atoms with Gasteiger partial charge in [0.1, 0.15) is 6.73 Å². The number of urea groups is 2. The maximum Gasteiger partial charge on any atom is 0.322 e. The lowest BCUT2D eigenvalue weighted by molar-refractivity contribution is -0.385. The van der Waals surface area contributed by atoms with E-state index >= 15 is 0 Å². The van der Waals surface area contributed by atoms with E-state index in [2.05, 4.69) is 35.3 Å². The largest absolute Gasteiger partial charge is 0.360 e. The van der Waals surface area contributed by atoms with Crippen LogP contribution in [-0.4, -0.2) is 75.4 Å². The molecule has 6 rings (SSSR count). The van der Waals surface area contributed by atoms with Crippen molar-refractivity contribution in [2.24, 2.45) is 0 Å². The Morgan fingerprint density at radius 3 is 2.69 bits per heavy atom. The van der Waals surface area contributed by atoms with E-state index < -0.39 is 19.0 Å². The maximum atomic E-state index is 13.7. The summed E-state index contributed by atoms with van der Waals surface area (Å²) in [5, 5.41) is 23.4. The standard InChI is InChI=1S/C35H44N8O5Si/c1-24-17-25(18-27-21-41(39-33(24)27)23-48-15-16-49(2,3)4)19-32(31-20-29(43(46)47)9-12-36-31)38-34(44)40-13-10-28(11-14-40)42-22-26-7-5-6-8-30(26)37-35(42)45/h5-9,12,17-18,20-21,28,32H,10-11,13-16,19,22-23H2,1-4H3,(H,37,45)(H,38,44). The van der Waals surface area contributed by atoms with Crippen LogP contribution in [0.2, 0.25) is 25.7 Å². The Kier molecular flexibility index (Phi) is 9.97. The van der Waals surface area contributed by atoms with E-state index in [1.54, 1.807) is 4.90 Å². The second kappa shape index (κ2) is 14.3. The Balaban J connectivity index is 1.15. The molecule has 1 atom stereocenters. The SMILES string of the molecule is Cc1cc(CC(NC(=O)N2CCC(N3Cc4ccccc4NC3=O)CC2)c2cc([N+](=O)[O-])ccn2)cc2cn(COCC[Si](C)(C)C)nc12. The highest BCUT2D eigenvalue weighted by Gasteiger charge is 2.33. The molecule has 1 unspecified atom stereocenters. The van der Waals surface area contributed by atoms with Crippen molar-refractivity contribution in [2.75, 3.05) is 25.0 Å². The molecule has 258 valence electrons. The van der Waals surface area contributed by atoms with Crippen LogP contribution in [0.1, 0.15) is 41.3 Å². The van der Waals surface area contributed by atoms with Crippen LogP contribution in [0.15, 0.2) is 60.9 Å². The monoisotopic (exact) mass is 684 g/mol. The van der Waals surface area contributed by atoms with Crippen LogP contribution < -0.4 is 10.6 Å². The van der Waals surface area contributed by atoms with Crippen molar-refractivity contribution >= 4 is 42.4 Å². The van der Waals surface area contributed by atoms with Crippen molar-refractivity contribution in [2.45, 2.75) is 77.2 Å². The van der Waals surface area contributed by atoms with Crippen LogP contribution in [0, 0.1) is 17.0 Å². The number of aromatic nitrogens is 3. The van der Waals surface area contributed by atoms with Gasteiger partial charge in [-0.15, -0.1) is 0 Å². The molecule has 4 heterocycles. The Morgan fingerprint density at radius 1 is 1.16 bits per heavy atom. The molecule has 0 aliphatic carbocycles. The number of nitro groups is 1. The van der Waals surface area contributed by atoms with Crippen molar-refractivity contribution in [1.82, 2.24) is 29.9 Å². The summed E-state index contributed by atoms with van der Waals surface area (Å²) in [7, 11) is -1.19. The van der Waals surface area contributed by atoms with Gasteiger partial charge in [0.15, 0.2) is 0 Å². The number of nitrogens with one attached hydrogen (secondary N) is 2. The summed E-state index contributed by atoms with van der Waals surface area (Å²) in [6.45, 7) is 11.5. The quantitative estimate of drug-likeness (QED) is 0.0797. The molecule has 49 heavy (non-hydrogen) atoms. The van der Waals surface area contributed by atoms with Gasteiger partial charge in [-0.3, -0.25) is 15.1 Å². The van der Waals surface area contributed by atoms with Gasteiger partial charge >= 0.3 is 12.1 Å². The van der Waals surface area contributed by atoms with Gasteiger partial charge in [-0.25, -0.2) is 14.3 Å². The molecule has 4 amide bonds. The Hall–Kier alpha value is -4.82. The lowest BCUT2D eigenvalue weighted by atomic mass is 9.99. The molecule has 2 aromatic carbocycles. The average molecular weight is 685 g/mol. The number of pyridine rings is 1. The van der Waals surface area contributed by atoms with Gasteiger partial charge in [0.2, 0.25) is 0 Å². The van der Waals surface area contributed by atoms with E-state index in [-0.39, 0.29) is 23.8 Å². The highest BCUT2D eigenvalue weighted by Crippen LogP contribution is 2.29. The first kappa shape index (κ1) is 34.1. The predicted molar refractivity (Wildman–Crippen MR) is 190 cm³/mol. The number of aryl methyl sites for hydroxylation is 1. The first-order chi connectivity index (χ1) is 23.4. The molecular formula is C35H44N8O5Si. The van der Waals surface area contributed by atoms with Gasteiger partial charge in [0, 0.05) is 76.0 Å². The first-order valence-electron chi connectivity index (χ1n) is 16.8. The summed E-state index contributed by atoms with van der Waals surface area (Å²) in [6, 6.07) is 14.7. The molecule has 2 aromatic heterocycles. The van der Waals surface area contributed by atoms with Gasteiger partial charge in [-0.1, -0.05) is 43.9 Å². The average Bonchev–Trinajstić information content (AvgIpc) is 3.49. The number of hydrogen-bond acceptors (Lipinski definition) is 7. The van der Waals surface area contributed by atoms with Crippen LogP contribution in [0.25, 0.3) is 10.9 Å². The highest BCUT2D eigenvalue weighted by molar-refractivity contribution is 6.76. The number of para-hydroxylation sites is 1. The fourth-order valence-corrected chi connectivity index (χ4v) is 7.26. The summed E-state index contributed by atoms with van der Waals surface area (Å²) >= 11 is 0. The molecule has 0 saturated carbocycles. The summed E-state index contributed by atoms with van der Waals surface area (Å²) in [5.41, 5.74) is 5.03. The summed E-state index contributed by atoms with van der Waals surface area (Å²) in [5.74, 6) is 0. The molecule has 2 aliphatic rings. The smallest absolute Gasteiger partial charge is 0.322 e. The lowest BCUT2D eigenvalue weighted by Gasteiger charge is -2.40. The second-order valence-corrected chi connectivity index (χ2v) is 19.8. The molecular weight excluding hydrogens is 641 g/mol. The Bertz CT molecular complexity index is 1850. The van der Waals surface area contributed by atoms with E-state index in [1.807, 2.05) is 59.1 Å². The summed E-state index contributed by atoms with van der Waals surface area (Å²) in [4.78, 5) is 45.8. The lowest BCUT2D eigenvalue weighted by Crippen LogP contribution is -2.53. The van der Waals surface area contributed by atoms with Gasteiger partial charge in [0.25, 0.3) is 5.69 Å². The van der Waals surface area contributed by atoms with Crippen molar-refractivity contribution < 1.29 is 19.2 Å². The number of piperidine rings is 1. The fraction of sp³-hybridized carbons (Fsp3) is 0.429. The highest BCUT2D eigenvalue weighted by atomic mass is 28.3. The van der Waals surface area contributed by atoms with E-state index in [0.29, 0.717) is 57.9 Å². The van der Waals surface area contributed by atoms with E-state index in [4.69, 9.17) is 9.84 Å². The molecule has 0 spiro atoms. The van der Waals surface area contributed by atoms with Crippen LogP contribution in [0.4, 0.5) is 21.0 Å². The molecule has 4 aromatic rings. The minimum atomic E-state index is -1.19. The molecule has 2 aliphatic heterocycles. The zero-order valence-corrected chi connectivity index (χ0v) is 29.5. The number of hydrogen-bond donors (Lipinski definition) is 2. The number of ether oxygens (including phenoxy) is 1. The third kappa shape index (κ3) is 8.25. The van der Waals surface area contributed by atoms with Crippen LogP contribution in [-0.2, 0) is 24.4 Å². The van der Waals surface area contributed by atoms with Crippen molar-refractivity contribution in [3.05, 3.63) is 93.4 Å². The fourth-order valence-electron chi connectivity index (χ4n) is 6.50. The number of nitrogens with zero attached hydrogens (tertiary/aromatic N) is 6. The van der Waals surface area contributed by atoms with Gasteiger partial charge in [-0.2, -0.15) is 5.10 Å². The molecule has 1 saturated heterocycles. The van der Waals surface area contributed by atoms with Crippen molar-refractivity contribution in [3.8, 4) is 0 Å². The third-order valence-corrected chi connectivity index (χ3v) is 11.0. The number of fused-ring (bicyclic) bond motifs is 2. The Labute approximate surface area is 286 Å². The molecule has 1 fully saturated rings. The molecule has 13 nitrogen and oxygen atoms in total. The number of amides is 4. The van der Waals surface area contributed by atoms with Crippen LogP contribution in [0.3, 0.4) is 0 Å². The molecule has 14 heteroatoms. The van der Waals surface area contributed by atoms with Crippen molar-refractivity contribution in [1.29, 1.82) is 0 Å². The minimum absolute atomic E-state index is 0.00741.